The van der Waals surface area contributed by atoms with Crippen molar-refractivity contribution in [3.05, 3.63) is 65.2 Å². The lowest BCUT2D eigenvalue weighted by Gasteiger charge is -2.34. The van der Waals surface area contributed by atoms with Crippen LogP contribution in [0.5, 0.6) is 5.75 Å². The molecule has 3 heterocycles. The van der Waals surface area contributed by atoms with E-state index >= 15 is 0 Å². The molecule has 4 rings (SSSR count). The highest BCUT2D eigenvalue weighted by Gasteiger charge is 2.23. The van der Waals surface area contributed by atoms with Crippen LogP contribution in [0.15, 0.2) is 59.7 Å². The van der Waals surface area contributed by atoms with Crippen molar-refractivity contribution >= 4 is 11.9 Å². The second kappa shape index (κ2) is 8.73. The summed E-state index contributed by atoms with van der Waals surface area (Å²) >= 11 is 0. The fourth-order valence-electron chi connectivity index (χ4n) is 3.32. The van der Waals surface area contributed by atoms with E-state index in [0.717, 1.165) is 11.3 Å². The number of ether oxygens (including phenoxy) is 1. The van der Waals surface area contributed by atoms with Crippen molar-refractivity contribution in [3.8, 4) is 17.0 Å². The number of hydrogen-bond acceptors (Lipinski definition) is 7. The van der Waals surface area contributed by atoms with Crippen LogP contribution in [0.2, 0.25) is 0 Å². The van der Waals surface area contributed by atoms with Crippen molar-refractivity contribution in [1.29, 1.82) is 0 Å². The van der Waals surface area contributed by atoms with Crippen molar-refractivity contribution < 1.29 is 9.53 Å². The Morgan fingerprint density at radius 1 is 1.00 bits per heavy atom. The van der Waals surface area contributed by atoms with E-state index in [-0.39, 0.29) is 18.0 Å². The first-order chi connectivity index (χ1) is 14.6. The number of nitrogens with zero attached hydrogens (tertiary/aromatic N) is 6. The predicted octanol–water partition coefficient (Wildman–Crippen LogP) is 1.06. The minimum absolute atomic E-state index is 0.0926. The monoisotopic (exact) mass is 406 g/mol. The maximum absolute atomic E-state index is 12.8. The Bertz CT molecular complexity index is 1060. The van der Waals surface area contributed by atoms with Crippen molar-refractivity contribution in [2.75, 3.05) is 38.2 Å². The molecule has 0 saturated carbocycles. The zero-order valence-electron chi connectivity index (χ0n) is 16.6. The number of anilines is 1. The second-order valence-electron chi connectivity index (χ2n) is 6.86. The Kier molecular flexibility index (Phi) is 5.69. The van der Waals surface area contributed by atoms with E-state index in [0.29, 0.717) is 37.8 Å². The molecule has 0 bridgehead atoms. The first-order valence-electron chi connectivity index (χ1n) is 9.66. The molecule has 30 heavy (non-hydrogen) atoms. The van der Waals surface area contributed by atoms with Crippen LogP contribution in [0.3, 0.4) is 0 Å². The highest BCUT2D eigenvalue weighted by atomic mass is 16.5. The molecule has 1 fully saturated rings. The van der Waals surface area contributed by atoms with Crippen LogP contribution >= 0.6 is 0 Å². The van der Waals surface area contributed by atoms with Gasteiger partial charge in [-0.15, -0.1) is 0 Å². The Labute approximate surface area is 173 Å². The molecule has 1 aromatic carbocycles. The lowest BCUT2D eigenvalue weighted by Crippen LogP contribution is -2.50. The number of aromatic nitrogens is 4. The first kappa shape index (κ1) is 19.6. The summed E-state index contributed by atoms with van der Waals surface area (Å²) in [5, 5.41) is 4.38. The molecule has 2 aromatic heterocycles. The summed E-state index contributed by atoms with van der Waals surface area (Å²) < 4.78 is 6.38. The van der Waals surface area contributed by atoms with Gasteiger partial charge in [0.15, 0.2) is 0 Å². The molecule has 0 unspecified atom stereocenters. The van der Waals surface area contributed by atoms with E-state index in [4.69, 9.17) is 4.74 Å². The third-order valence-electron chi connectivity index (χ3n) is 5.00. The number of methoxy groups -OCH3 is 1. The molecule has 1 saturated heterocycles. The molecule has 154 valence electrons. The van der Waals surface area contributed by atoms with Gasteiger partial charge in [-0.05, 0) is 36.4 Å². The molecule has 0 spiro atoms. The van der Waals surface area contributed by atoms with Gasteiger partial charge in [-0.3, -0.25) is 9.59 Å². The SMILES string of the molecule is COc1ccc(-c2ccc(=O)n(CC(=O)N3CCN(c4ncccn4)CC3)n2)cc1. The molecule has 1 aliphatic heterocycles. The highest BCUT2D eigenvalue weighted by Crippen LogP contribution is 2.19. The minimum atomic E-state index is -0.308. The second-order valence-corrected chi connectivity index (χ2v) is 6.86. The quantitative estimate of drug-likeness (QED) is 0.625. The topological polar surface area (TPSA) is 93.5 Å². The third-order valence-corrected chi connectivity index (χ3v) is 5.00. The first-order valence-corrected chi connectivity index (χ1v) is 9.66. The number of rotatable bonds is 5. The van der Waals surface area contributed by atoms with E-state index in [9.17, 15) is 9.59 Å². The van der Waals surface area contributed by atoms with Crippen molar-refractivity contribution in [2.24, 2.45) is 0 Å². The molecule has 9 nitrogen and oxygen atoms in total. The van der Waals surface area contributed by atoms with E-state index in [1.165, 1.54) is 10.7 Å². The highest BCUT2D eigenvalue weighted by molar-refractivity contribution is 5.76. The summed E-state index contributed by atoms with van der Waals surface area (Å²) in [6, 6.07) is 12.2. The standard InChI is InChI=1S/C21H22N6O3/c1-30-17-5-3-16(4-6-17)18-7-8-19(28)27(24-18)15-20(29)25-11-13-26(14-12-25)21-22-9-2-10-23-21/h2-10H,11-15H2,1H3. The number of benzene rings is 1. The summed E-state index contributed by atoms with van der Waals surface area (Å²) in [7, 11) is 1.60. The summed E-state index contributed by atoms with van der Waals surface area (Å²) in [6.07, 6.45) is 3.40. The minimum Gasteiger partial charge on any atom is -0.497 e. The van der Waals surface area contributed by atoms with Gasteiger partial charge in [0.2, 0.25) is 11.9 Å². The fourth-order valence-corrected chi connectivity index (χ4v) is 3.32. The summed E-state index contributed by atoms with van der Waals surface area (Å²) in [4.78, 5) is 37.3. The maximum Gasteiger partial charge on any atom is 0.267 e. The molecule has 0 aliphatic carbocycles. The Morgan fingerprint density at radius 2 is 1.70 bits per heavy atom. The van der Waals surface area contributed by atoms with Crippen molar-refractivity contribution in [3.63, 3.8) is 0 Å². The Balaban J connectivity index is 1.42. The zero-order valence-corrected chi connectivity index (χ0v) is 16.6. The van der Waals surface area contributed by atoms with Gasteiger partial charge in [-0.2, -0.15) is 5.10 Å². The average molecular weight is 406 g/mol. The summed E-state index contributed by atoms with van der Waals surface area (Å²) in [5.41, 5.74) is 1.15. The summed E-state index contributed by atoms with van der Waals surface area (Å²) in [5.74, 6) is 1.27. The van der Waals surface area contributed by atoms with Gasteiger partial charge < -0.3 is 14.5 Å². The van der Waals surface area contributed by atoms with Gasteiger partial charge in [0.25, 0.3) is 5.56 Å². The van der Waals surface area contributed by atoms with E-state index in [2.05, 4.69) is 15.1 Å². The van der Waals surface area contributed by atoms with Crippen LogP contribution in [-0.2, 0) is 11.3 Å². The van der Waals surface area contributed by atoms with Gasteiger partial charge in [0, 0.05) is 50.2 Å². The molecule has 0 N–H and O–H groups in total. The van der Waals surface area contributed by atoms with Crippen LogP contribution < -0.4 is 15.2 Å². The Hall–Kier alpha value is -3.75. The van der Waals surface area contributed by atoms with Crippen LogP contribution in [0, 0.1) is 0 Å². The third kappa shape index (κ3) is 4.29. The lowest BCUT2D eigenvalue weighted by molar-refractivity contribution is -0.132. The molecule has 1 aliphatic rings. The van der Waals surface area contributed by atoms with Crippen LogP contribution in [0.25, 0.3) is 11.3 Å². The smallest absolute Gasteiger partial charge is 0.267 e. The molecule has 9 heteroatoms. The molecular weight excluding hydrogens is 384 g/mol. The molecule has 3 aromatic rings. The molecule has 0 atom stereocenters. The normalized spacial score (nSPS) is 13.9. The average Bonchev–Trinajstić information content (AvgIpc) is 2.81. The zero-order chi connectivity index (χ0) is 20.9. The van der Waals surface area contributed by atoms with Gasteiger partial charge in [-0.25, -0.2) is 14.6 Å². The molecular formula is C21H22N6O3. The fraction of sp³-hybridized carbons (Fsp3) is 0.286. The number of carbonyl (C=O) groups excluding carboxylic acids is 1. The number of carbonyl (C=O) groups is 1. The van der Waals surface area contributed by atoms with Gasteiger partial charge in [0.05, 0.1) is 12.8 Å². The van der Waals surface area contributed by atoms with E-state index in [1.54, 1.807) is 36.5 Å². The van der Waals surface area contributed by atoms with Crippen LogP contribution in [0.4, 0.5) is 5.95 Å². The van der Waals surface area contributed by atoms with E-state index < -0.39 is 0 Å². The van der Waals surface area contributed by atoms with Gasteiger partial charge >= 0.3 is 0 Å². The molecule has 1 amide bonds. The van der Waals surface area contributed by atoms with Crippen molar-refractivity contribution in [2.45, 2.75) is 6.54 Å². The number of amides is 1. The summed E-state index contributed by atoms with van der Waals surface area (Å²) in [6.45, 7) is 2.28. The predicted molar refractivity (Wildman–Crippen MR) is 111 cm³/mol. The maximum atomic E-state index is 12.8. The van der Waals surface area contributed by atoms with Gasteiger partial charge in [0.1, 0.15) is 12.3 Å². The lowest BCUT2D eigenvalue weighted by atomic mass is 10.1. The van der Waals surface area contributed by atoms with Gasteiger partial charge in [-0.1, -0.05) is 0 Å². The number of hydrogen-bond donors (Lipinski definition) is 0. The van der Waals surface area contributed by atoms with E-state index in [1.807, 2.05) is 29.2 Å². The van der Waals surface area contributed by atoms with Crippen molar-refractivity contribution in [1.82, 2.24) is 24.6 Å². The number of piperazine rings is 1. The Morgan fingerprint density at radius 3 is 2.37 bits per heavy atom. The van der Waals surface area contributed by atoms with Crippen LogP contribution in [0.1, 0.15) is 0 Å². The largest absolute Gasteiger partial charge is 0.497 e. The van der Waals surface area contributed by atoms with Crippen LogP contribution in [-0.4, -0.2) is 63.8 Å². The molecule has 0 radical (unpaired) electrons.